The Morgan fingerprint density at radius 2 is 2.10 bits per heavy atom. The van der Waals surface area contributed by atoms with E-state index in [0.717, 1.165) is 5.56 Å². The third kappa shape index (κ3) is 2.41. The van der Waals surface area contributed by atoms with Crippen molar-refractivity contribution >= 4 is 11.7 Å². The number of nitrogens with zero attached hydrogens (tertiary/aromatic N) is 1. The molecule has 0 unspecified atom stereocenters. The lowest BCUT2D eigenvalue weighted by Crippen LogP contribution is -2.13. The molecule has 0 bridgehead atoms. The van der Waals surface area contributed by atoms with Gasteiger partial charge in [0.05, 0.1) is 0 Å². The van der Waals surface area contributed by atoms with Crippen LogP contribution in [0.5, 0.6) is 11.5 Å². The molecule has 0 fully saturated rings. The molecule has 2 heterocycles. The van der Waals surface area contributed by atoms with Gasteiger partial charge in [-0.2, -0.15) is 0 Å². The molecule has 6 nitrogen and oxygen atoms in total. The Morgan fingerprint density at radius 1 is 1.25 bits per heavy atom. The van der Waals surface area contributed by atoms with Crippen LogP contribution in [-0.4, -0.2) is 17.7 Å². The summed E-state index contributed by atoms with van der Waals surface area (Å²) in [5.41, 5.74) is 6.88. The minimum Gasteiger partial charge on any atom is -0.454 e. The Kier molecular flexibility index (Phi) is 3.22. The third-order valence-electron chi connectivity index (χ3n) is 2.94. The molecular weight excluding hydrogens is 258 g/mol. The second-order valence-corrected chi connectivity index (χ2v) is 4.28. The number of aromatic nitrogens is 1. The monoisotopic (exact) mass is 271 g/mol. The van der Waals surface area contributed by atoms with Gasteiger partial charge in [0.2, 0.25) is 6.79 Å². The van der Waals surface area contributed by atoms with Crippen molar-refractivity contribution in [3.05, 3.63) is 47.7 Å². The van der Waals surface area contributed by atoms with Crippen molar-refractivity contribution in [1.29, 1.82) is 0 Å². The Bertz CT molecular complexity index is 641. The van der Waals surface area contributed by atoms with Gasteiger partial charge < -0.3 is 20.5 Å². The molecule has 20 heavy (non-hydrogen) atoms. The lowest BCUT2D eigenvalue weighted by molar-refractivity contribution is 0.102. The van der Waals surface area contributed by atoms with E-state index in [4.69, 9.17) is 15.2 Å². The second kappa shape index (κ2) is 5.18. The van der Waals surface area contributed by atoms with Gasteiger partial charge in [0, 0.05) is 18.3 Å². The molecular formula is C14H13N3O3. The van der Waals surface area contributed by atoms with Crippen LogP contribution in [0.4, 0.5) is 5.82 Å². The molecule has 0 spiro atoms. The highest BCUT2D eigenvalue weighted by atomic mass is 16.7. The second-order valence-electron chi connectivity index (χ2n) is 4.28. The lowest BCUT2D eigenvalue weighted by Gasteiger charge is -2.06. The summed E-state index contributed by atoms with van der Waals surface area (Å²) < 4.78 is 10.4. The van der Waals surface area contributed by atoms with Crippen LogP contribution >= 0.6 is 0 Å². The predicted octanol–water partition coefficient (Wildman–Crippen LogP) is 1.52. The van der Waals surface area contributed by atoms with E-state index in [-0.39, 0.29) is 12.7 Å². The van der Waals surface area contributed by atoms with Gasteiger partial charge >= 0.3 is 0 Å². The Morgan fingerprint density at radius 3 is 2.85 bits per heavy atom. The number of carbonyl (C=O) groups is 1. The molecule has 1 aliphatic heterocycles. The van der Waals surface area contributed by atoms with Gasteiger partial charge in [0.15, 0.2) is 11.5 Å². The average Bonchev–Trinajstić information content (AvgIpc) is 2.95. The standard InChI is InChI=1S/C14H13N3O3/c15-6-9-1-4-13(16-7-9)17-14(18)10-2-3-11-12(5-10)20-8-19-11/h1-5,7H,6,8,15H2,(H,16,17,18). The van der Waals surface area contributed by atoms with Gasteiger partial charge in [0.25, 0.3) is 5.91 Å². The van der Waals surface area contributed by atoms with Crippen LogP contribution in [-0.2, 0) is 6.54 Å². The molecule has 102 valence electrons. The molecule has 0 atom stereocenters. The van der Waals surface area contributed by atoms with Crippen LogP contribution in [0.3, 0.4) is 0 Å². The molecule has 0 radical (unpaired) electrons. The van der Waals surface area contributed by atoms with Gasteiger partial charge in [-0.25, -0.2) is 4.98 Å². The molecule has 1 aliphatic rings. The van der Waals surface area contributed by atoms with Gasteiger partial charge in [0.1, 0.15) is 5.82 Å². The molecule has 3 rings (SSSR count). The third-order valence-corrected chi connectivity index (χ3v) is 2.94. The Hall–Kier alpha value is -2.60. The SMILES string of the molecule is NCc1ccc(NC(=O)c2ccc3c(c2)OCO3)nc1. The largest absolute Gasteiger partial charge is 0.454 e. The van der Waals surface area contributed by atoms with E-state index < -0.39 is 0 Å². The maximum Gasteiger partial charge on any atom is 0.256 e. The number of carbonyl (C=O) groups excluding carboxylic acids is 1. The first-order chi connectivity index (χ1) is 9.76. The summed E-state index contributed by atoms with van der Waals surface area (Å²) in [6.45, 7) is 0.603. The van der Waals surface area contributed by atoms with Crippen molar-refractivity contribution in [3.63, 3.8) is 0 Å². The number of anilines is 1. The molecule has 2 aromatic rings. The van der Waals surface area contributed by atoms with E-state index in [1.54, 1.807) is 30.5 Å². The van der Waals surface area contributed by atoms with Crippen LogP contribution in [0.1, 0.15) is 15.9 Å². The molecule has 0 saturated heterocycles. The molecule has 1 aromatic carbocycles. The molecule has 0 aliphatic carbocycles. The number of hydrogen-bond donors (Lipinski definition) is 2. The summed E-state index contributed by atoms with van der Waals surface area (Å²) in [4.78, 5) is 16.2. The minimum atomic E-state index is -0.253. The Balaban J connectivity index is 1.75. The van der Waals surface area contributed by atoms with Crippen LogP contribution in [0.25, 0.3) is 0 Å². The van der Waals surface area contributed by atoms with E-state index in [9.17, 15) is 4.79 Å². The summed E-state index contributed by atoms with van der Waals surface area (Å²) in [5.74, 6) is 1.44. The van der Waals surface area contributed by atoms with Gasteiger partial charge in [-0.1, -0.05) is 6.07 Å². The van der Waals surface area contributed by atoms with Gasteiger partial charge in [-0.05, 0) is 29.8 Å². The quantitative estimate of drug-likeness (QED) is 0.883. The van der Waals surface area contributed by atoms with Crippen molar-refractivity contribution in [1.82, 2.24) is 4.98 Å². The van der Waals surface area contributed by atoms with Crippen molar-refractivity contribution in [2.45, 2.75) is 6.54 Å². The number of rotatable bonds is 3. The number of fused-ring (bicyclic) bond motifs is 1. The van der Waals surface area contributed by atoms with Crippen molar-refractivity contribution in [2.24, 2.45) is 5.73 Å². The fourth-order valence-corrected chi connectivity index (χ4v) is 1.85. The summed E-state index contributed by atoms with van der Waals surface area (Å²) in [5, 5.41) is 2.71. The van der Waals surface area contributed by atoms with Crippen molar-refractivity contribution in [2.75, 3.05) is 12.1 Å². The van der Waals surface area contributed by atoms with Gasteiger partial charge in [-0.3, -0.25) is 4.79 Å². The first kappa shape index (κ1) is 12.4. The normalized spacial score (nSPS) is 12.2. The number of benzene rings is 1. The van der Waals surface area contributed by atoms with E-state index in [2.05, 4.69) is 10.3 Å². The van der Waals surface area contributed by atoms with Gasteiger partial charge in [-0.15, -0.1) is 0 Å². The number of hydrogen-bond acceptors (Lipinski definition) is 5. The number of nitrogens with two attached hydrogens (primary N) is 1. The fourth-order valence-electron chi connectivity index (χ4n) is 1.85. The molecule has 1 amide bonds. The zero-order valence-corrected chi connectivity index (χ0v) is 10.6. The summed E-state index contributed by atoms with van der Waals surface area (Å²) >= 11 is 0. The lowest BCUT2D eigenvalue weighted by atomic mass is 10.2. The van der Waals surface area contributed by atoms with Crippen molar-refractivity contribution in [3.8, 4) is 11.5 Å². The summed E-state index contributed by atoms with van der Waals surface area (Å²) in [7, 11) is 0. The number of ether oxygens (including phenoxy) is 2. The van der Waals surface area contributed by atoms with Crippen LogP contribution in [0.2, 0.25) is 0 Å². The van der Waals surface area contributed by atoms with Crippen molar-refractivity contribution < 1.29 is 14.3 Å². The number of nitrogens with one attached hydrogen (secondary N) is 1. The highest BCUT2D eigenvalue weighted by Crippen LogP contribution is 2.32. The first-order valence-corrected chi connectivity index (χ1v) is 6.12. The van der Waals surface area contributed by atoms with E-state index >= 15 is 0 Å². The van der Waals surface area contributed by atoms with E-state index in [0.29, 0.717) is 29.4 Å². The van der Waals surface area contributed by atoms with E-state index in [1.807, 2.05) is 6.07 Å². The molecule has 0 saturated carbocycles. The topological polar surface area (TPSA) is 86.5 Å². The summed E-state index contributed by atoms with van der Waals surface area (Å²) in [6, 6.07) is 8.57. The highest BCUT2D eigenvalue weighted by molar-refractivity contribution is 6.04. The van der Waals surface area contributed by atoms with Crippen LogP contribution in [0, 0.1) is 0 Å². The fraction of sp³-hybridized carbons (Fsp3) is 0.143. The zero-order valence-electron chi connectivity index (χ0n) is 10.6. The first-order valence-electron chi connectivity index (χ1n) is 6.12. The maximum absolute atomic E-state index is 12.1. The maximum atomic E-state index is 12.1. The average molecular weight is 271 g/mol. The smallest absolute Gasteiger partial charge is 0.256 e. The minimum absolute atomic E-state index is 0.183. The van der Waals surface area contributed by atoms with Crippen LogP contribution < -0.4 is 20.5 Å². The predicted molar refractivity (Wildman–Crippen MR) is 72.6 cm³/mol. The zero-order chi connectivity index (χ0) is 13.9. The number of amides is 1. The Labute approximate surface area is 115 Å². The summed E-state index contributed by atoms with van der Waals surface area (Å²) in [6.07, 6.45) is 1.63. The molecule has 3 N–H and O–H groups in total. The van der Waals surface area contributed by atoms with E-state index in [1.165, 1.54) is 0 Å². The van der Waals surface area contributed by atoms with Crippen LogP contribution in [0.15, 0.2) is 36.5 Å². The molecule has 6 heteroatoms. The molecule has 1 aromatic heterocycles. The highest BCUT2D eigenvalue weighted by Gasteiger charge is 2.16. The number of pyridine rings is 1.